The molecule has 2 aromatic heterocycles. The molecule has 5 rings (SSSR count). The number of ether oxygens (including phenoxy) is 1. The number of carbonyl (C=O) groups excluding carboxylic acids is 1. The van der Waals surface area contributed by atoms with Crippen molar-refractivity contribution in [2.45, 2.75) is 17.9 Å². The lowest BCUT2D eigenvalue weighted by Gasteiger charge is -2.26. The number of thiazole rings is 1. The molecule has 4 aromatic rings. The van der Waals surface area contributed by atoms with E-state index in [1.165, 1.54) is 11.3 Å². The number of hydrogen-bond donors (Lipinski definition) is 0. The molecule has 0 fully saturated rings. The van der Waals surface area contributed by atoms with Gasteiger partial charge in [-0.05, 0) is 54.6 Å². The molecule has 2 aromatic carbocycles. The number of hydrogen-bond acceptors (Lipinski definition) is 7. The zero-order valence-corrected chi connectivity index (χ0v) is 21.4. The van der Waals surface area contributed by atoms with E-state index in [0.29, 0.717) is 20.6 Å². The van der Waals surface area contributed by atoms with Gasteiger partial charge in [0.15, 0.2) is 4.80 Å². The van der Waals surface area contributed by atoms with Crippen LogP contribution in [0.5, 0.6) is 0 Å². The number of rotatable bonds is 6. The maximum atomic E-state index is 13.8. The van der Waals surface area contributed by atoms with Gasteiger partial charge in [0.25, 0.3) is 5.56 Å². The molecule has 0 saturated heterocycles. The second kappa shape index (κ2) is 10.5. The number of esters is 1. The van der Waals surface area contributed by atoms with Crippen molar-refractivity contribution in [1.29, 1.82) is 0 Å². The highest BCUT2D eigenvalue weighted by atomic mass is 32.2. The van der Waals surface area contributed by atoms with Crippen LogP contribution in [0.25, 0.3) is 11.8 Å². The van der Waals surface area contributed by atoms with Gasteiger partial charge in [0.1, 0.15) is 0 Å². The molecule has 0 unspecified atom stereocenters. The maximum Gasteiger partial charge on any atom is 0.338 e. The van der Waals surface area contributed by atoms with E-state index in [1.54, 1.807) is 35.6 Å². The lowest BCUT2D eigenvalue weighted by Crippen LogP contribution is -2.40. The van der Waals surface area contributed by atoms with Crippen LogP contribution in [-0.2, 0) is 9.53 Å². The zero-order valence-electron chi connectivity index (χ0n) is 19.8. The van der Waals surface area contributed by atoms with Gasteiger partial charge in [0.05, 0.1) is 28.5 Å². The Bertz CT molecular complexity index is 1610. The van der Waals surface area contributed by atoms with Gasteiger partial charge in [-0.15, -0.1) is 11.8 Å². The molecule has 6 nitrogen and oxygen atoms in total. The molecule has 0 bridgehead atoms. The number of pyridine rings is 1. The fourth-order valence-electron chi connectivity index (χ4n) is 4.15. The van der Waals surface area contributed by atoms with Crippen molar-refractivity contribution in [3.05, 3.63) is 121 Å². The molecule has 1 atom stereocenters. The molecule has 180 valence electrons. The number of nitrogens with zero attached hydrogens (tertiary/aromatic N) is 3. The Morgan fingerprint density at radius 2 is 1.81 bits per heavy atom. The summed E-state index contributed by atoms with van der Waals surface area (Å²) in [5.74, 6) is -0.484. The first-order chi connectivity index (χ1) is 17.6. The molecule has 0 N–H and O–H groups in total. The summed E-state index contributed by atoms with van der Waals surface area (Å²) in [5.41, 5.74) is 3.13. The summed E-state index contributed by atoms with van der Waals surface area (Å²) in [4.78, 5) is 37.8. The third-order valence-electron chi connectivity index (χ3n) is 5.81. The van der Waals surface area contributed by atoms with Crippen molar-refractivity contribution in [2.24, 2.45) is 4.99 Å². The van der Waals surface area contributed by atoms with E-state index in [9.17, 15) is 9.59 Å². The largest absolute Gasteiger partial charge is 0.463 e. The molecular weight excluding hydrogens is 490 g/mol. The van der Waals surface area contributed by atoms with Crippen LogP contribution in [0.4, 0.5) is 0 Å². The minimum atomic E-state index is -0.675. The SMILES string of the molecule is CCOC(=O)C1=C(c2ccccc2)N=c2s/c(=C\c3ccncc3)c(=O)n2[C@@H]1c1ccc(SC)cc1. The van der Waals surface area contributed by atoms with E-state index in [-0.39, 0.29) is 12.2 Å². The van der Waals surface area contributed by atoms with Crippen LogP contribution in [0.3, 0.4) is 0 Å². The Labute approximate surface area is 216 Å². The van der Waals surface area contributed by atoms with Gasteiger partial charge >= 0.3 is 5.97 Å². The highest BCUT2D eigenvalue weighted by molar-refractivity contribution is 7.98. The average molecular weight is 514 g/mol. The van der Waals surface area contributed by atoms with Crippen molar-refractivity contribution in [1.82, 2.24) is 9.55 Å². The van der Waals surface area contributed by atoms with Crippen molar-refractivity contribution in [3.63, 3.8) is 0 Å². The molecule has 36 heavy (non-hydrogen) atoms. The molecular formula is C28H23N3O3S2. The van der Waals surface area contributed by atoms with E-state index in [2.05, 4.69) is 4.98 Å². The molecule has 1 aliphatic heterocycles. The highest BCUT2D eigenvalue weighted by Gasteiger charge is 2.35. The first-order valence-electron chi connectivity index (χ1n) is 11.4. The van der Waals surface area contributed by atoms with Gasteiger partial charge in [-0.3, -0.25) is 14.3 Å². The summed E-state index contributed by atoms with van der Waals surface area (Å²) in [7, 11) is 0. The summed E-state index contributed by atoms with van der Waals surface area (Å²) in [6, 6.07) is 20.5. The first-order valence-corrected chi connectivity index (χ1v) is 13.5. The number of aromatic nitrogens is 2. The van der Waals surface area contributed by atoms with Crippen molar-refractivity contribution < 1.29 is 9.53 Å². The predicted molar refractivity (Wildman–Crippen MR) is 144 cm³/mol. The van der Waals surface area contributed by atoms with E-state index in [1.807, 2.05) is 79.1 Å². The molecule has 0 amide bonds. The minimum Gasteiger partial charge on any atom is -0.463 e. The molecule has 0 aliphatic carbocycles. The Hall–Kier alpha value is -3.75. The van der Waals surface area contributed by atoms with Crippen LogP contribution in [0.2, 0.25) is 0 Å². The van der Waals surface area contributed by atoms with Crippen LogP contribution in [-0.4, -0.2) is 28.4 Å². The molecule has 0 radical (unpaired) electrons. The third-order valence-corrected chi connectivity index (χ3v) is 7.54. The zero-order chi connectivity index (χ0) is 25.1. The summed E-state index contributed by atoms with van der Waals surface area (Å²) >= 11 is 2.94. The van der Waals surface area contributed by atoms with Crippen molar-refractivity contribution in [2.75, 3.05) is 12.9 Å². The maximum absolute atomic E-state index is 13.8. The fourth-order valence-corrected chi connectivity index (χ4v) is 5.56. The Kier molecular flexibility index (Phi) is 6.97. The van der Waals surface area contributed by atoms with Gasteiger partial charge in [0, 0.05) is 22.9 Å². The summed E-state index contributed by atoms with van der Waals surface area (Å²) in [6.07, 6.45) is 7.21. The van der Waals surface area contributed by atoms with Gasteiger partial charge < -0.3 is 4.74 Å². The van der Waals surface area contributed by atoms with Crippen molar-refractivity contribution >= 4 is 40.8 Å². The Balaban J connectivity index is 1.82. The van der Waals surface area contributed by atoms with Crippen LogP contribution in [0.1, 0.15) is 29.7 Å². The van der Waals surface area contributed by atoms with E-state index in [0.717, 1.165) is 21.6 Å². The second-order valence-corrected chi connectivity index (χ2v) is 9.87. The van der Waals surface area contributed by atoms with Gasteiger partial charge in [-0.25, -0.2) is 9.79 Å². The van der Waals surface area contributed by atoms with Crippen LogP contribution >= 0.6 is 23.1 Å². The average Bonchev–Trinajstić information content (AvgIpc) is 3.23. The van der Waals surface area contributed by atoms with Crippen LogP contribution < -0.4 is 14.9 Å². The van der Waals surface area contributed by atoms with Gasteiger partial charge in [0.2, 0.25) is 0 Å². The van der Waals surface area contributed by atoms with Crippen molar-refractivity contribution in [3.8, 4) is 0 Å². The Morgan fingerprint density at radius 1 is 1.08 bits per heavy atom. The van der Waals surface area contributed by atoms with E-state index < -0.39 is 12.0 Å². The third kappa shape index (κ3) is 4.57. The monoisotopic (exact) mass is 513 g/mol. The highest BCUT2D eigenvalue weighted by Crippen LogP contribution is 2.35. The summed E-state index contributed by atoms with van der Waals surface area (Å²) < 4.78 is 7.65. The first kappa shape index (κ1) is 24.0. The summed E-state index contributed by atoms with van der Waals surface area (Å²) in [5, 5.41) is 0. The molecule has 0 spiro atoms. The fraction of sp³-hybridized carbons (Fsp3) is 0.143. The van der Waals surface area contributed by atoms with Crippen LogP contribution in [0.15, 0.2) is 99.4 Å². The number of benzene rings is 2. The van der Waals surface area contributed by atoms with Gasteiger partial charge in [-0.1, -0.05) is 53.8 Å². The topological polar surface area (TPSA) is 73.6 Å². The van der Waals surface area contributed by atoms with E-state index in [4.69, 9.17) is 9.73 Å². The molecule has 3 heterocycles. The second-order valence-electron chi connectivity index (χ2n) is 7.99. The lowest BCUT2D eigenvalue weighted by atomic mass is 9.93. The summed E-state index contributed by atoms with van der Waals surface area (Å²) in [6.45, 7) is 1.99. The quantitative estimate of drug-likeness (QED) is 0.287. The normalized spacial score (nSPS) is 15.4. The molecule has 1 aliphatic rings. The molecule has 8 heteroatoms. The number of carbonyl (C=O) groups is 1. The van der Waals surface area contributed by atoms with Crippen LogP contribution in [0, 0.1) is 0 Å². The smallest absolute Gasteiger partial charge is 0.338 e. The van der Waals surface area contributed by atoms with E-state index >= 15 is 0 Å². The Morgan fingerprint density at radius 3 is 2.47 bits per heavy atom. The van der Waals surface area contributed by atoms with Gasteiger partial charge in [-0.2, -0.15) is 0 Å². The lowest BCUT2D eigenvalue weighted by molar-refractivity contribution is -0.138. The minimum absolute atomic E-state index is 0.205. The number of fused-ring (bicyclic) bond motifs is 1. The molecule has 0 saturated carbocycles. The number of thioether (sulfide) groups is 1. The standard InChI is InChI=1S/C28H23N3O3S2/c1-3-34-27(33)23-24(19-7-5-4-6-8-19)30-28-31(25(23)20-9-11-21(35-2)12-10-20)26(32)22(36-28)17-18-13-15-29-16-14-18/h4-17,25H,3H2,1-2H3/b22-17-/t25-/m1/s1. The predicted octanol–water partition coefficient (Wildman–Crippen LogP) is 4.05.